The van der Waals surface area contributed by atoms with Crippen molar-refractivity contribution in [1.29, 1.82) is 0 Å². The van der Waals surface area contributed by atoms with Crippen LogP contribution in [0.5, 0.6) is 0 Å². The Hall–Kier alpha value is 0.0400. The third-order valence-corrected chi connectivity index (χ3v) is 1.43. The maximum atomic E-state index is 3.74. The number of rotatable bonds is 0. The van der Waals surface area contributed by atoms with Crippen LogP contribution in [0, 0.1) is 0 Å². The smallest absolute Gasteiger partial charge is 0.178 e. The molecule has 0 N–H and O–H groups in total. The van der Waals surface area contributed by atoms with Crippen LogP contribution < -0.4 is 0 Å². The SMILES string of the molecule is Brc1ncns1. The van der Waals surface area contributed by atoms with Crippen LogP contribution >= 0.6 is 27.5 Å². The molecule has 6 heavy (non-hydrogen) atoms. The number of halogens is 1. The summed E-state index contributed by atoms with van der Waals surface area (Å²) in [7, 11) is 0. The van der Waals surface area contributed by atoms with Crippen LogP contribution in [0.15, 0.2) is 10.2 Å². The minimum absolute atomic E-state index is 0.836. The molecule has 0 fully saturated rings. The molecular formula is C2HBrN2S. The van der Waals surface area contributed by atoms with E-state index in [1.807, 2.05) is 0 Å². The zero-order valence-corrected chi connectivity index (χ0v) is 5.16. The molecule has 2 nitrogen and oxygen atoms in total. The Labute approximate surface area is 47.5 Å². The summed E-state index contributed by atoms with van der Waals surface area (Å²) in [6.45, 7) is 0. The Bertz CT molecular complexity index is 115. The minimum atomic E-state index is 0.836. The number of hydrogen-bond donors (Lipinski definition) is 0. The van der Waals surface area contributed by atoms with Crippen LogP contribution in [-0.2, 0) is 0 Å². The van der Waals surface area contributed by atoms with Gasteiger partial charge in [0.25, 0.3) is 0 Å². The van der Waals surface area contributed by atoms with Crippen molar-refractivity contribution in [3.8, 4) is 0 Å². The third kappa shape index (κ3) is 0.753. The molecule has 0 bridgehead atoms. The van der Waals surface area contributed by atoms with Gasteiger partial charge < -0.3 is 0 Å². The summed E-state index contributed by atoms with van der Waals surface area (Å²) < 4.78 is 4.54. The van der Waals surface area contributed by atoms with Crippen LogP contribution in [0.4, 0.5) is 0 Å². The van der Waals surface area contributed by atoms with Gasteiger partial charge in [0.1, 0.15) is 6.33 Å². The van der Waals surface area contributed by atoms with Crippen molar-refractivity contribution in [1.82, 2.24) is 9.36 Å². The highest BCUT2D eigenvalue weighted by atomic mass is 79.9. The molecule has 0 unspecified atom stereocenters. The summed E-state index contributed by atoms with van der Waals surface area (Å²) in [6.07, 6.45) is 1.51. The summed E-state index contributed by atoms with van der Waals surface area (Å²) in [5.74, 6) is 0. The first kappa shape index (κ1) is 4.21. The Morgan fingerprint density at radius 1 is 1.83 bits per heavy atom. The van der Waals surface area contributed by atoms with Crippen molar-refractivity contribution >= 4 is 27.5 Å². The van der Waals surface area contributed by atoms with Crippen molar-refractivity contribution in [3.05, 3.63) is 10.2 Å². The van der Waals surface area contributed by atoms with E-state index in [1.165, 1.54) is 17.9 Å². The van der Waals surface area contributed by atoms with E-state index in [2.05, 4.69) is 25.3 Å². The zero-order chi connectivity index (χ0) is 4.41. The molecule has 0 aromatic carbocycles. The van der Waals surface area contributed by atoms with E-state index in [1.54, 1.807) is 0 Å². The molecule has 1 rings (SSSR count). The van der Waals surface area contributed by atoms with Crippen molar-refractivity contribution in [2.75, 3.05) is 0 Å². The largest absolute Gasteiger partial charge is 0.216 e. The summed E-state index contributed by atoms with van der Waals surface area (Å²) in [4.78, 5) is 3.74. The Balaban J connectivity index is 3.05. The van der Waals surface area contributed by atoms with Crippen molar-refractivity contribution < 1.29 is 0 Å². The van der Waals surface area contributed by atoms with Gasteiger partial charge in [0.05, 0.1) is 0 Å². The van der Waals surface area contributed by atoms with E-state index in [9.17, 15) is 0 Å². The molecule has 0 spiro atoms. The lowest BCUT2D eigenvalue weighted by Gasteiger charge is -1.58. The fraction of sp³-hybridized carbons (Fsp3) is 0. The van der Waals surface area contributed by atoms with Gasteiger partial charge in [-0.2, -0.15) is 4.37 Å². The minimum Gasteiger partial charge on any atom is -0.216 e. The topological polar surface area (TPSA) is 25.8 Å². The van der Waals surface area contributed by atoms with Crippen LogP contribution in [0.1, 0.15) is 0 Å². The molecule has 4 heteroatoms. The summed E-state index contributed by atoms with van der Waals surface area (Å²) in [6, 6.07) is 0. The fourth-order valence-corrected chi connectivity index (χ4v) is 0.777. The van der Waals surface area contributed by atoms with Crippen LogP contribution in [0.3, 0.4) is 0 Å². The van der Waals surface area contributed by atoms with Crippen LogP contribution in [0.25, 0.3) is 0 Å². The lowest BCUT2D eigenvalue weighted by molar-refractivity contribution is 1.31. The maximum absolute atomic E-state index is 3.74. The van der Waals surface area contributed by atoms with Gasteiger partial charge in [-0.3, -0.25) is 0 Å². The highest BCUT2D eigenvalue weighted by molar-refractivity contribution is 9.11. The zero-order valence-electron chi connectivity index (χ0n) is 2.76. The Morgan fingerprint density at radius 3 is 2.83 bits per heavy atom. The maximum Gasteiger partial charge on any atom is 0.178 e. The molecule has 0 aliphatic heterocycles. The second-order valence-corrected chi connectivity index (χ2v) is 2.75. The van der Waals surface area contributed by atoms with Crippen molar-refractivity contribution in [3.63, 3.8) is 0 Å². The van der Waals surface area contributed by atoms with Gasteiger partial charge >= 0.3 is 0 Å². The highest BCUT2D eigenvalue weighted by Gasteiger charge is 1.80. The molecule has 0 radical (unpaired) electrons. The van der Waals surface area contributed by atoms with E-state index in [-0.39, 0.29) is 0 Å². The van der Waals surface area contributed by atoms with E-state index in [0.717, 1.165) is 3.92 Å². The standard InChI is InChI=1S/C2HBrN2S/c3-2-4-1-5-6-2/h1H. The lowest BCUT2D eigenvalue weighted by atomic mass is 11.3. The normalized spacial score (nSPS) is 8.83. The van der Waals surface area contributed by atoms with Gasteiger partial charge in [-0.1, -0.05) is 0 Å². The first-order valence-electron chi connectivity index (χ1n) is 1.32. The Kier molecular flexibility index (Phi) is 1.16. The molecule has 1 aromatic heterocycles. The third-order valence-electron chi connectivity index (χ3n) is 0.334. The molecule has 1 heterocycles. The highest BCUT2D eigenvalue weighted by Crippen LogP contribution is 2.06. The molecule has 32 valence electrons. The van der Waals surface area contributed by atoms with E-state index in [4.69, 9.17) is 0 Å². The molecule has 0 atom stereocenters. The van der Waals surface area contributed by atoms with Crippen molar-refractivity contribution in [2.45, 2.75) is 0 Å². The molecular weight excluding hydrogens is 164 g/mol. The first-order valence-corrected chi connectivity index (χ1v) is 2.88. The predicted octanol–water partition coefficient (Wildman–Crippen LogP) is 1.30. The summed E-state index contributed by atoms with van der Waals surface area (Å²) in [5, 5.41) is 0. The quantitative estimate of drug-likeness (QED) is 0.578. The molecule has 0 saturated carbocycles. The molecule has 0 aliphatic rings. The van der Waals surface area contributed by atoms with Crippen LogP contribution in [0.2, 0.25) is 0 Å². The van der Waals surface area contributed by atoms with Crippen LogP contribution in [-0.4, -0.2) is 9.36 Å². The van der Waals surface area contributed by atoms with Gasteiger partial charge in [-0.15, -0.1) is 0 Å². The Morgan fingerprint density at radius 2 is 2.67 bits per heavy atom. The summed E-state index contributed by atoms with van der Waals surface area (Å²) >= 11 is 4.46. The first-order chi connectivity index (χ1) is 2.89. The monoisotopic (exact) mass is 164 g/mol. The average molecular weight is 165 g/mol. The van der Waals surface area contributed by atoms with Gasteiger partial charge in [-0.05, 0) is 27.5 Å². The second kappa shape index (κ2) is 1.66. The van der Waals surface area contributed by atoms with Gasteiger partial charge in [0.15, 0.2) is 3.92 Å². The number of hydrogen-bond acceptors (Lipinski definition) is 3. The summed E-state index contributed by atoms with van der Waals surface area (Å²) in [5.41, 5.74) is 0. The number of nitrogens with zero attached hydrogens (tertiary/aromatic N) is 2. The molecule has 1 aromatic rings. The van der Waals surface area contributed by atoms with E-state index < -0.39 is 0 Å². The molecule has 0 saturated heterocycles. The van der Waals surface area contributed by atoms with Gasteiger partial charge in [0.2, 0.25) is 0 Å². The number of aromatic nitrogens is 2. The predicted molar refractivity (Wildman–Crippen MR) is 27.6 cm³/mol. The van der Waals surface area contributed by atoms with Gasteiger partial charge in [-0.25, -0.2) is 4.98 Å². The molecule has 0 amide bonds. The van der Waals surface area contributed by atoms with E-state index >= 15 is 0 Å². The second-order valence-electron chi connectivity index (χ2n) is 0.694. The average Bonchev–Trinajstić information content (AvgIpc) is 1.86. The van der Waals surface area contributed by atoms with Crippen molar-refractivity contribution in [2.24, 2.45) is 0 Å². The van der Waals surface area contributed by atoms with E-state index in [0.29, 0.717) is 0 Å². The lowest BCUT2D eigenvalue weighted by Crippen LogP contribution is -1.49. The van der Waals surface area contributed by atoms with Gasteiger partial charge in [0, 0.05) is 0 Å². The fourth-order valence-electron chi connectivity index (χ4n) is 0.160. The molecule has 0 aliphatic carbocycles.